The van der Waals surface area contributed by atoms with Gasteiger partial charge in [-0.3, -0.25) is 0 Å². The van der Waals surface area contributed by atoms with E-state index in [1.54, 1.807) is 0 Å². The first-order valence-electron chi connectivity index (χ1n) is 21.5. The van der Waals surface area contributed by atoms with Crippen molar-refractivity contribution in [2.45, 2.75) is 36.5 Å². The van der Waals surface area contributed by atoms with Crippen LogP contribution < -0.4 is 0 Å². The third kappa shape index (κ3) is 4.79. The van der Waals surface area contributed by atoms with Crippen molar-refractivity contribution in [1.29, 1.82) is 0 Å². The first kappa shape index (κ1) is 34.4. The van der Waals surface area contributed by atoms with Gasteiger partial charge in [0.1, 0.15) is 0 Å². The molecule has 0 bridgehead atoms. The molecule has 2 aromatic heterocycles. The highest BCUT2D eigenvalue weighted by Crippen LogP contribution is 2.66. The van der Waals surface area contributed by atoms with Crippen molar-refractivity contribution in [3.05, 3.63) is 228 Å². The summed E-state index contributed by atoms with van der Waals surface area (Å²) in [5.41, 5.74) is 16.6. The summed E-state index contributed by atoms with van der Waals surface area (Å²) in [6.07, 6.45) is 2.35. The SMILES string of the molecule is CC1c2ccc(-c3nc(-c4ccccc4)nc(-c4ccc(-c5ccccc5)cc4)n3)cc2C2(c3ccccc3-n3c4ccccc4c4cccc2c43)c2ccccc2C12CC2. The summed E-state index contributed by atoms with van der Waals surface area (Å²) < 4.78 is 2.53. The van der Waals surface area contributed by atoms with Gasteiger partial charge in [-0.05, 0) is 81.5 Å². The maximum atomic E-state index is 5.33. The summed E-state index contributed by atoms with van der Waals surface area (Å²) in [5.74, 6) is 2.27. The van der Waals surface area contributed by atoms with Crippen molar-refractivity contribution in [2.75, 3.05) is 0 Å². The van der Waals surface area contributed by atoms with E-state index in [-0.39, 0.29) is 5.41 Å². The zero-order chi connectivity index (χ0) is 40.3. The van der Waals surface area contributed by atoms with Crippen molar-refractivity contribution >= 4 is 21.8 Å². The molecular weight excluding hydrogens is 741 g/mol. The Morgan fingerprint density at radius 3 is 1.69 bits per heavy atom. The number of rotatable bonds is 4. The van der Waals surface area contributed by atoms with Crippen LogP contribution in [0, 0.1) is 0 Å². The third-order valence-electron chi connectivity index (χ3n) is 14.2. The van der Waals surface area contributed by atoms with E-state index in [0.717, 1.165) is 22.3 Å². The van der Waals surface area contributed by atoms with Crippen LogP contribution in [0.15, 0.2) is 194 Å². The molecule has 0 amide bonds. The maximum absolute atomic E-state index is 5.33. The Balaban J connectivity index is 1.11. The van der Waals surface area contributed by atoms with Crippen LogP contribution in [0.25, 0.3) is 72.8 Å². The highest BCUT2D eigenvalue weighted by Gasteiger charge is 2.58. The van der Waals surface area contributed by atoms with Gasteiger partial charge in [0.25, 0.3) is 0 Å². The Morgan fingerprint density at radius 1 is 0.426 bits per heavy atom. The minimum atomic E-state index is -0.617. The highest BCUT2D eigenvalue weighted by molar-refractivity contribution is 6.12. The fourth-order valence-electron chi connectivity index (χ4n) is 11.2. The fourth-order valence-corrected chi connectivity index (χ4v) is 11.2. The topological polar surface area (TPSA) is 43.6 Å². The second-order valence-electron chi connectivity index (χ2n) is 17.2. The van der Waals surface area contributed by atoms with Crippen molar-refractivity contribution in [3.63, 3.8) is 0 Å². The number of aromatic nitrogens is 4. The number of para-hydroxylation sites is 3. The summed E-state index contributed by atoms with van der Waals surface area (Å²) in [4.78, 5) is 15.8. The molecule has 2 unspecified atom stereocenters. The minimum Gasteiger partial charge on any atom is -0.309 e. The third-order valence-corrected chi connectivity index (χ3v) is 14.2. The Labute approximate surface area is 354 Å². The van der Waals surface area contributed by atoms with Gasteiger partial charge < -0.3 is 4.57 Å². The number of nitrogens with zero attached hydrogens (tertiary/aromatic N) is 4. The monoisotopic (exact) mass is 780 g/mol. The van der Waals surface area contributed by atoms with Crippen molar-refractivity contribution in [1.82, 2.24) is 19.5 Å². The van der Waals surface area contributed by atoms with Crippen LogP contribution >= 0.6 is 0 Å². The van der Waals surface area contributed by atoms with E-state index in [1.807, 2.05) is 18.2 Å². The number of hydrogen-bond donors (Lipinski definition) is 0. The average molecular weight is 781 g/mol. The smallest absolute Gasteiger partial charge is 0.164 e. The lowest BCUT2D eigenvalue weighted by atomic mass is 9.61. The molecule has 3 aliphatic rings. The van der Waals surface area contributed by atoms with Gasteiger partial charge in [-0.25, -0.2) is 15.0 Å². The lowest BCUT2D eigenvalue weighted by molar-refractivity contribution is 0.566. The molecular formula is C57H40N4. The van der Waals surface area contributed by atoms with Crippen molar-refractivity contribution in [2.24, 2.45) is 0 Å². The number of fused-ring (bicyclic) bond motifs is 12. The first-order valence-corrected chi connectivity index (χ1v) is 21.5. The van der Waals surface area contributed by atoms with E-state index in [4.69, 9.17) is 15.0 Å². The molecule has 1 fully saturated rings. The predicted octanol–water partition coefficient (Wildman–Crippen LogP) is 13.5. The van der Waals surface area contributed by atoms with Gasteiger partial charge in [-0.15, -0.1) is 0 Å². The Bertz CT molecular complexity index is 3380. The number of hydrogen-bond acceptors (Lipinski definition) is 3. The molecule has 0 N–H and O–H groups in total. The second kappa shape index (κ2) is 12.8. The van der Waals surface area contributed by atoms with Gasteiger partial charge in [-0.2, -0.15) is 0 Å². The van der Waals surface area contributed by atoms with Crippen LogP contribution in [0.4, 0.5) is 0 Å². The van der Waals surface area contributed by atoms with Crippen LogP contribution in [0.2, 0.25) is 0 Å². The lowest BCUT2D eigenvalue weighted by Gasteiger charge is -2.43. The van der Waals surface area contributed by atoms with E-state index < -0.39 is 5.41 Å². The molecule has 2 aliphatic carbocycles. The Hall–Kier alpha value is -7.43. The van der Waals surface area contributed by atoms with E-state index in [9.17, 15) is 0 Å². The molecule has 0 radical (unpaired) electrons. The molecule has 8 aromatic carbocycles. The van der Waals surface area contributed by atoms with E-state index in [2.05, 4.69) is 187 Å². The molecule has 1 aliphatic heterocycles. The van der Waals surface area contributed by atoms with Gasteiger partial charge in [-0.1, -0.05) is 183 Å². The first-order chi connectivity index (χ1) is 30.1. The molecule has 2 spiro atoms. The normalized spacial score (nSPS) is 17.8. The summed E-state index contributed by atoms with van der Waals surface area (Å²) in [7, 11) is 0. The van der Waals surface area contributed by atoms with Crippen LogP contribution in [0.1, 0.15) is 59.1 Å². The predicted molar refractivity (Wildman–Crippen MR) is 247 cm³/mol. The van der Waals surface area contributed by atoms with Crippen LogP contribution in [0.5, 0.6) is 0 Å². The van der Waals surface area contributed by atoms with Gasteiger partial charge >= 0.3 is 0 Å². The molecule has 0 saturated heterocycles. The maximum Gasteiger partial charge on any atom is 0.164 e. The summed E-state index contributed by atoms with van der Waals surface area (Å²) in [6, 6.07) is 71.0. The van der Waals surface area contributed by atoms with E-state index in [1.165, 1.54) is 79.3 Å². The highest BCUT2D eigenvalue weighted by atomic mass is 15.0. The van der Waals surface area contributed by atoms with Crippen LogP contribution in [-0.4, -0.2) is 19.5 Å². The van der Waals surface area contributed by atoms with Crippen molar-refractivity contribution in [3.8, 4) is 51.0 Å². The zero-order valence-corrected chi connectivity index (χ0v) is 33.8. The minimum absolute atomic E-state index is 0.0656. The van der Waals surface area contributed by atoms with Gasteiger partial charge in [0, 0.05) is 32.9 Å². The molecule has 10 aromatic rings. The quantitative estimate of drug-likeness (QED) is 0.179. The summed E-state index contributed by atoms with van der Waals surface area (Å²) in [6.45, 7) is 2.47. The summed E-state index contributed by atoms with van der Waals surface area (Å²) in [5, 5.41) is 2.56. The molecule has 61 heavy (non-hydrogen) atoms. The van der Waals surface area contributed by atoms with Gasteiger partial charge in [0.15, 0.2) is 17.5 Å². The van der Waals surface area contributed by atoms with Crippen LogP contribution in [-0.2, 0) is 10.8 Å². The van der Waals surface area contributed by atoms with E-state index >= 15 is 0 Å². The van der Waals surface area contributed by atoms with Crippen molar-refractivity contribution < 1.29 is 0 Å². The largest absolute Gasteiger partial charge is 0.309 e. The molecule has 4 heteroatoms. The molecule has 13 rings (SSSR count). The lowest BCUT2D eigenvalue weighted by Crippen LogP contribution is -2.36. The summed E-state index contributed by atoms with van der Waals surface area (Å²) >= 11 is 0. The standard InChI is InChI=1S/C57H40N4/c1-36-42-32-31-41(55-59-53(39-17-6-3-7-18-39)58-54(60-55)40-29-27-38(28-30-40)37-15-4-2-5-16-37)35-49(42)57(46-22-10-9-21-45(46)56(36)33-34-56)47-23-11-13-26-51(47)61-50-25-12-8-19-43(50)44-20-14-24-48(57)52(44)61/h2-32,35-36H,33-34H2,1H3. The molecule has 2 atom stereocenters. The number of benzene rings is 8. The Kier molecular flexibility index (Phi) is 7.22. The molecule has 1 saturated carbocycles. The molecule has 3 heterocycles. The second-order valence-corrected chi connectivity index (χ2v) is 17.2. The Morgan fingerprint density at radius 2 is 0.951 bits per heavy atom. The van der Waals surface area contributed by atoms with Gasteiger partial charge in [0.2, 0.25) is 0 Å². The fraction of sp³-hybridized carbons (Fsp3) is 0.105. The van der Waals surface area contributed by atoms with Gasteiger partial charge in [0.05, 0.1) is 22.1 Å². The van der Waals surface area contributed by atoms with Crippen LogP contribution in [0.3, 0.4) is 0 Å². The zero-order valence-electron chi connectivity index (χ0n) is 33.8. The molecule has 288 valence electrons. The van der Waals surface area contributed by atoms with E-state index in [0.29, 0.717) is 23.4 Å². The average Bonchev–Trinajstić information content (AvgIpc) is 4.09. The molecule has 4 nitrogen and oxygen atoms in total.